The van der Waals surface area contributed by atoms with Crippen molar-refractivity contribution in [3.05, 3.63) is 262 Å². The number of hydrogen-bond acceptors (Lipinski definition) is 6. The largest absolute Gasteiger partial charge is 0.456 e. The van der Waals surface area contributed by atoms with E-state index in [1.807, 2.05) is 34.8 Å². The molecule has 1 saturated carbocycles. The molecule has 10 aromatic carbocycles. The van der Waals surface area contributed by atoms with E-state index in [2.05, 4.69) is 220 Å². The second kappa shape index (κ2) is 19.3. The van der Waals surface area contributed by atoms with Gasteiger partial charge in [-0.15, -0.1) is 22.7 Å². The molecule has 3 aliphatic carbocycles. The first-order chi connectivity index (χ1) is 41.0. The highest BCUT2D eigenvalue weighted by Crippen LogP contribution is 2.59. The molecule has 3 atom stereocenters. The van der Waals surface area contributed by atoms with Crippen LogP contribution in [-0.4, -0.2) is 15.0 Å². The maximum Gasteiger partial charge on any atom is 0.164 e. The Balaban J connectivity index is 0.809. The van der Waals surface area contributed by atoms with Gasteiger partial charge in [0.15, 0.2) is 17.5 Å². The monoisotopic (exact) mass is 1100 g/mol. The Morgan fingerprint density at radius 3 is 2.02 bits per heavy atom. The van der Waals surface area contributed by atoms with Crippen LogP contribution in [0, 0.1) is 6.92 Å². The first-order valence-electron chi connectivity index (χ1n) is 29.4. The molecule has 4 heterocycles. The van der Waals surface area contributed by atoms with Crippen LogP contribution in [-0.2, 0) is 6.42 Å². The van der Waals surface area contributed by atoms with Crippen LogP contribution in [0.1, 0.15) is 94.2 Å². The summed E-state index contributed by atoms with van der Waals surface area (Å²) in [5.74, 6) is 3.16. The van der Waals surface area contributed by atoms with Crippen molar-refractivity contribution in [3.8, 4) is 67.5 Å². The molecular formula is C77H55N3OS2. The van der Waals surface area contributed by atoms with E-state index in [4.69, 9.17) is 19.4 Å². The number of allylic oxidation sites excluding steroid dienone is 1. The van der Waals surface area contributed by atoms with Gasteiger partial charge in [0.05, 0.1) is 0 Å². The SMILES string of the molecule is CCC(c1ccccc1)c1ccc(C2=CCCc3sc4ccc(-c5ccc6c(c5)-c5c(-c7nc(-c8ccc9c(c8)oc8ccccc89)nc(-c8cccc9sc%10ccccc%10c89)n7)cccc5C5CCC65)cc4c32)cc1-c1ccccc1C. The predicted octanol–water partition coefficient (Wildman–Crippen LogP) is 21.6. The lowest BCUT2D eigenvalue weighted by Crippen LogP contribution is -2.26. The van der Waals surface area contributed by atoms with Gasteiger partial charge < -0.3 is 4.42 Å². The number of furan rings is 1. The van der Waals surface area contributed by atoms with Crippen LogP contribution >= 0.6 is 22.7 Å². The summed E-state index contributed by atoms with van der Waals surface area (Å²) in [6.07, 6.45) is 7.97. The summed E-state index contributed by atoms with van der Waals surface area (Å²) in [6.45, 7) is 4.58. The maximum absolute atomic E-state index is 6.48. The molecule has 0 aliphatic heterocycles. The topological polar surface area (TPSA) is 51.8 Å². The summed E-state index contributed by atoms with van der Waals surface area (Å²) in [4.78, 5) is 18.0. The molecule has 4 aromatic heterocycles. The third-order valence-corrected chi connectivity index (χ3v) is 20.9. The lowest BCUT2D eigenvalue weighted by Gasteiger charge is -2.44. The highest BCUT2D eigenvalue weighted by molar-refractivity contribution is 7.26. The highest BCUT2D eigenvalue weighted by Gasteiger charge is 2.41. The van der Waals surface area contributed by atoms with E-state index in [0.29, 0.717) is 35.2 Å². The Morgan fingerprint density at radius 1 is 0.470 bits per heavy atom. The Morgan fingerprint density at radius 2 is 1.14 bits per heavy atom. The molecule has 1 fully saturated rings. The number of aromatic nitrogens is 3. The van der Waals surface area contributed by atoms with Crippen molar-refractivity contribution in [2.75, 3.05) is 0 Å². The van der Waals surface area contributed by atoms with Crippen LogP contribution in [0.5, 0.6) is 0 Å². The van der Waals surface area contributed by atoms with Gasteiger partial charge in [-0.2, -0.15) is 0 Å². The number of fused-ring (bicyclic) bond motifs is 15. The van der Waals surface area contributed by atoms with Crippen LogP contribution < -0.4 is 0 Å². The standard InChI is InChI=1S/C77H55N3OS2/c1-3-50(45-17-5-4-6-18-45)53-35-31-48(42-63(53)51-19-8-7-16-44(51)2)52-22-14-28-70-73(52)65-41-47(33-39-69(65)83-70)46-30-34-56-54-37-38-55(54)59-23-13-24-61(72(59)64(56)40-46)76-78-75(49-32-36-58-57-20-9-11-26-66(57)81-67(58)43-49)79-77(80-76)62-25-15-29-71-74(62)60-21-10-12-27-68(60)82-71/h4-13,15-27,29-36,39-43,50,54-55H,3,14,28,37-38H2,1-2H3. The predicted molar refractivity (Wildman–Crippen MR) is 348 cm³/mol. The van der Waals surface area contributed by atoms with Crippen molar-refractivity contribution in [2.24, 2.45) is 0 Å². The van der Waals surface area contributed by atoms with Crippen molar-refractivity contribution < 1.29 is 4.42 Å². The fourth-order valence-electron chi connectivity index (χ4n) is 14.4. The fraction of sp³-hybridized carbons (Fsp3) is 0.130. The molecule has 0 amide bonds. The molecule has 0 spiro atoms. The lowest BCUT2D eigenvalue weighted by molar-refractivity contribution is 0.343. The van der Waals surface area contributed by atoms with E-state index < -0.39 is 0 Å². The molecule has 396 valence electrons. The summed E-state index contributed by atoms with van der Waals surface area (Å²) in [5.41, 5.74) is 23.1. The second-order valence-corrected chi connectivity index (χ2v) is 25.2. The number of thiophene rings is 2. The van der Waals surface area contributed by atoms with E-state index in [1.165, 1.54) is 119 Å². The van der Waals surface area contributed by atoms with Crippen LogP contribution in [0.2, 0.25) is 0 Å². The molecule has 3 aliphatic rings. The first-order valence-corrected chi connectivity index (χ1v) is 31.0. The minimum absolute atomic E-state index is 0.292. The van der Waals surface area contributed by atoms with Crippen molar-refractivity contribution in [1.82, 2.24) is 15.0 Å². The quantitative estimate of drug-likeness (QED) is 0.145. The third kappa shape index (κ3) is 7.80. The molecule has 17 rings (SSSR count). The third-order valence-electron chi connectivity index (χ3n) is 18.5. The number of rotatable bonds is 9. The highest BCUT2D eigenvalue weighted by atomic mass is 32.1. The number of benzene rings is 10. The average Bonchev–Trinajstić information content (AvgIpc) is 2.86. The summed E-state index contributed by atoms with van der Waals surface area (Å²) in [7, 11) is 0. The van der Waals surface area contributed by atoms with Crippen LogP contribution in [0.15, 0.2) is 223 Å². The van der Waals surface area contributed by atoms with E-state index in [1.54, 1.807) is 0 Å². The van der Waals surface area contributed by atoms with E-state index in [-0.39, 0.29) is 0 Å². The minimum Gasteiger partial charge on any atom is -0.456 e. The van der Waals surface area contributed by atoms with Crippen LogP contribution in [0.3, 0.4) is 0 Å². The zero-order valence-electron chi connectivity index (χ0n) is 46.1. The van der Waals surface area contributed by atoms with Crippen LogP contribution in [0.4, 0.5) is 0 Å². The lowest BCUT2D eigenvalue weighted by atomic mass is 9.60. The number of aryl methyl sites for hydroxylation is 2. The number of para-hydroxylation sites is 1. The smallest absolute Gasteiger partial charge is 0.164 e. The Hall–Kier alpha value is -9.07. The molecule has 3 unspecified atom stereocenters. The molecule has 83 heavy (non-hydrogen) atoms. The normalized spacial score (nSPS) is 15.7. The van der Waals surface area contributed by atoms with Gasteiger partial charge in [-0.1, -0.05) is 171 Å². The zero-order chi connectivity index (χ0) is 54.9. The molecular weight excluding hydrogens is 1050 g/mol. The molecule has 6 heteroatoms. The summed E-state index contributed by atoms with van der Waals surface area (Å²) >= 11 is 3.79. The average molecular weight is 1100 g/mol. The Kier molecular flexibility index (Phi) is 11.3. The maximum atomic E-state index is 6.48. The summed E-state index contributed by atoms with van der Waals surface area (Å²) in [6, 6.07) is 78.6. The first kappa shape index (κ1) is 48.6. The summed E-state index contributed by atoms with van der Waals surface area (Å²) in [5, 5.41) is 5.89. The van der Waals surface area contributed by atoms with Crippen molar-refractivity contribution >= 4 is 80.4 Å². The van der Waals surface area contributed by atoms with Gasteiger partial charge in [0, 0.05) is 74.1 Å². The molecule has 0 N–H and O–H groups in total. The minimum atomic E-state index is 0.292. The number of nitrogens with zero attached hydrogens (tertiary/aromatic N) is 3. The molecule has 14 aromatic rings. The Labute approximate surface area is 490 Å². The van der Waals surface area contributed by atoms with E-state index >= 15 is 0 Å². The van der Waals surface area contributed by atoms with E-state index in [9.17, 15) is 0 Å². The van der Waals surface area contributed by atoms with Gasteiger partial charge in [0.25, 0.3) is 0 Å². The zero-order valence-corrected chi connectivity index (χ0v) is 47.8. The second-order valence-electron chi connectivity index (χ2n) is 23.0. The van der Waals surface area contributed by atoms with Gasteiger partial charge in [-0.25, -0.2) is 15.0 Å². The summed E-state index contributed by atoms with van der Waals surface area (Å²) < 4.78 is 10.3. The van der Waals surface area contributed by atoms with Crippen molar-refractivity contribution in [3.63, 3.8) is 0 Å². The van der Waals surface area contributed by atoms with Gasteiger partial charge in [-0.05, 0) is 178 Å². The van der Waals surface area contributed by atoms with Crippen molar-refractivity contribution in [1.29, 1.82) is 0 Å². The molecule has 0 radical (unpaired) electrons. The van der Waals surface area contributed by atoms with Gasteiger partial charge in [0.2, 0.25) is 0 Å². The van der Waals surface area contributed by atoms with Gasteiger partial charge >= 0.3 is 0 Å². The molecule has 0 saturated heterocycles. The van der Waals surface area contributed by atoms with Gasteiger partial charge in [-0.3, -0.25) is 0 Å². The number of hydrogen-bond donors (Lipinski definition) is 0. The van der Waals surface area contributed by atoms with Gasteiger partial charge in [0.1, 0.15) is 11.2 Å². The van der Waals surface area contributed by atoms with Crippen molar-refractivity contribution in [2.45, 2.75) is 63.7 Å². The molecule has 4 nitrogen and oxygen atoms in total. The molecule has 0 bridgehead atoms. The fourth-order valence-corrected chi connectivity index (χ4v) is 16.8. The van der Waals surface area contributed by atoms with E-state index in [0.717, 1.165) is 64.3 Å². The Bertz CT molecular complexity index is 5020. The van der Waals surface area contributed by atoms with Crippen LogP contribution in [0.25, 0.3) is 125 Å².